The van der Waals surface area contributed by atoms with Crippen molar-refractivity contribution < 1.29 is 23.4 Å². The summed E-state index contributed by atoms with van der Waals surface area (Å²) >= 11 is 6.11. The second kappa shape index (κ2) is 9.45. The average molecular weight is 498 g/mol. The van der Waals surface area contributed by atoms with E-state index in [0.29, 0.717) is 35.0 Å². The van der Waals surface area contributed by atoms with Gasteiger partial charge < -0.3 is 19.2 Å². The van der Waals surface area contributed by atoms with Gasteiger partial charge in [-0.25, -0.2) is 9.18 Å². The molecule has 1 saturated heterocycles. The fourth-order valence-electron chi connectivity index (χ4n) is 4.86. The number of phenols is 1. The summed E-state index contributed by atoms with van der Waals surface area (Å²) in [5, 5.41) is 12.2. The molecular formula is C26H25ClFN3O4. The number of hydrogen-bond donors (Lipinski definition) is 1. The number of nitrogens with zero attached hydrogens (tertiary/aromatic N) is 3. The van der Waals surface area contributed by atoms with E-state index in [2.05, 4.69) is 21.8 Å². The smallest absolute Gasteiger partial charge is 0.342 e. The largest absolute Gasteiger partial charge is 0.507 e. The summed E-state index contributed by atoms with van der Waals surface area (Å²) in [4.78, 5) is 21.5. The van der Waals surface area contributed by atoms with Gasteiger partial charge in [0.2, 0.25) is 0 Å². The molecule has 2 aromatic heterocycles. The summed E-state index contributed by atoms with van der Waals surface area (Å²) in [7, 11) is 2.05. The second-order valence-electron chi connectivity index (χ2n) is 8.64. The van der Waals surface area contributed by atoms with Gasteiger partial charge in [0.1, 0.15) is 23.2 Å². The Bertz CT molecular complexity index is 1400. The van der Waals surface area contributed by atoms with Gasteiger partial charge >= 0.3 is 5.97 Å². The Morgan fingerprint density at radius 2 is 1.91 bits per heavy atom. The van der Waals surface area contributed by atoms with Crippen molar-refractivity contribution in [3.8, 4) is 5.75 Å². The zero-order chi connectivity index (χ0) is 24.7. The molecule has 3 heterocycles. The zero-order valence-corrected chi connectivity index (χ0v) is 20.2. The van der Waals surface area contributed by atoms with E-state index in [-0.39, 0.29) is 28.3 Å². The topological polar surface area (TPSA) is 79.0 Å². The molecule has 0 amide bonds. The number of carbonyl (C=O) groups is 1. The molecule has 1 aliphatic heterocycles. The van der Waals surface area contributed by atoms with E-state index in [0.717, 1.165) is 18.7 Å². The molecule has 1 aliphatic rings. The molecular weight excluding hydrogens is 473 g/mol. The standard InChI is InChI=1S/C26H25ClFN3O4/c1-3-34-26(33)17-14-35-25-16-4-5-18(27)22(28)20(16)24(32)21(19(17)25)23(15-6-8-29-9-7-15)31-12-10-30(2)11-13-31/h4-9,14,23,32H,3,10-13H2,1-2H3. The van der Waals surface area contributed by atoms with Gasteiger partial charge in [0.05, 0.1) is 23.1 Å². The maximum Gasteiger partial charge on any atom is 0.342 e. The number of pyridine rings is 1. The number of likely N-dealkylation sites (N-methyl/N-ethyl adjacent to an activating group) is 1. The first-order valence-electron chi connectivity index (χ1n) is 11.5. The molecule has 5 rings (SSSR count). The van der Waals surface area contributed by atoms with Gasteiger partial charge in [-0.05, 0) is 43.8 Å². The number of furan rings is 1. The zero-order valence-electron chi connectivity index (χ0n) is 19.4. The fraction of sp³-hybridized carbons (Fsp3) is 0.308. The lowest BCUT2D eigenvalue weighted by atomic mass is 9.89. The third kappa shape index (κ3) is 4.01. The lowest BCUT2D eigenvalue weighted by Gasteiger charge is -2.39. The van der Waals surface area contributed by atoms with Gasteiger partial charge in [-0.2, -0.15) is 0 Å². The van der Waals surface area contributed by atoms with E-state index in [9.17, 15) is 9.90 Å². The quantitative estimate of drug-likeness (QED) is 0.389. The van der Waals surface area contributed by atoms with Crippen LogP contribution in [0.25, 0.3) is 21.7 Å². The van der Waals surface area contributed by atoms with Gasteiger partial charge in [0.25, 0.3) is 0 Å². The van der Waals surface area contributed by atoms with E-state index >= 15 is 4.39 Å². The molecule has 0 aliphatic carbocycles. The molecule has 1 fully saturated rings. The molecule has 2 aromatic carbocycles. The predicted molar refractivity (Wildman–Crippen MR) is 131 cm³/mol. The van der Waals surface area contributed by atoms with Gasteiger partial charge in [0, 0.05) is 54.9 Å². The van der Waals surface area contributed by atoms with E-state index in [4.69, 9.17) is 20.8 Å². The van der Waals surface area contributed by atoms with Crippen molar-refractivity contribution in [2.24, 2.45) is 0 Å². The summed E-state index contributed by atoms with van der Waals surface area (Å²) in [6, 6.07) is 6.21. The van der Waals surface area contributed by atoms with Crippen LogP contribution in [-0.4, -0.2) is 65.7 Å². The molecule has 0 spiro atoms. The van der Waals surface area contributed by atoms with Crippen LogP contribution in [0.3, 0.4) is 0 Å². The van der Waals surface area contributed by atoms with Crippen molar-refractivity contribution in [3.05, 3.63) is 70.5 Å². The Morgan fingerprint density at radius 3 is 2.60 bits per heavy atom. The summed E-state index contributed by atoms with van der Waals surface area (Å²) in [6.45, 7) is 4.93. The number of phenolic OH excluding ortho intramolecular Hbond substituents is 1. The second-order valence-corrected chi connectivity index (χ2v) is 9.05. The van der Waals surface area contributed by atoms with Crippen molar-refractivity contribution >= 4 is 39.3 Å². The molecule has 7 nitrogen and oxygen atoms in total. The number of hydrogen-bond acceptors (Lipinski definition) is 7. The van der Waals surface area contributed by atoms with E-state index < -0.39 is 17.8 Å². The minimum Gasteiger partial charge on any atom is -0.507 e. The maximum absolute atomic E-state index is 15.4. The lowest BCUT2D eigenvalue weighted by molar-refractivity contribution is 0.0527. The van der Waals surface area contributed by atoms with Gasteiger partial charge in [-0.1, -0.05) is 11.6 Å². The summed E-state index contributed by atoms with van der Waals surface area (Å²) in [5.74, 6) is -1.60. The number of aromatic hydroxyl groups is 1. The first-order valence-corrected chi connectivity index (χ1v) is 11.8. The lowest BCUT2D eigenvalue weighted by Crippen LogP contribution is -2.46. The number of fused-ring (bicyclic) bond motifs is 3. The molecule has 4 aromatic rings. The number of benzene rings is 2. The fourth-order valence-corrected chi connectivity index (χ4v) is 5.02. The van der Waals surface area contributed by atoms with Crippen LogP contribution in [0.15, 0.2) is 47.3 Å². The summed E-state index contributed by atoms with van der Waals surface area (Å²) in [5.41, 5.74) is 1.69. The van der Waals surface area contributed by atoms with E-state index in [1.54, 1.807) is 25.4 Å². The van der Waals surface area contributed by atoms with Crippen LogP contribution >= 0.6 is 11.6 Å². The van der Waals surface area contributed by atoms with Crippen LogP contribution in [0.4, 0.5) is 4.39 Å². The van der Waals surface area contributed by atoms with Crippen molar-refractivity contribution in [2.75, 3.05) is 39.8 Å². The Balaban J connectivity index is 1.88. The SMILES string of the molecule is CCOC(=O)c1coc2c1c(C(c1ccncc1)N1CCN(C)CC1)c(O)c1c(F)c(Cl)ccc12. The van der Waals surface area contributed by atoms with Crippen LogP contribution < -0.4 is 0 Å². The van der Waals surface area contributed by atoms with Gasteiger partial charge in [-0.15, -0.1) is 0 Å². The van der Waals surface area contributed by atoms with Crippen molar-refractivity contribution in [1.29, 1.82) is 0 Å². The summed E-state index contributed by atoms with van der Waals surface area (Å²) < 4.78 is 26.5. The highest BCUT2D eigenvalue weighted by molar-refractivity contribution is 6.32. The number of aromatic nitrogens is 1. The monoisotopic (exact) mass is 497 g/mol. The number of ether oxygens (including phenoxy) is 1. The number of carbonyl (C=O) groups excluding carboxylic acids is 1. The summed E-state index contributed by atoms with van der Waals surface area (Å²) in [6.07, 6.45) is 4.66. The van der Waals surface area contributed by atoms with Crippen molar-refractivity contribution in [1.82, 2.24) is 14.8 Å². The Kier molecular flexibility index (Phi) is 6.35. The van der Waals surface area contributed by atoms with Crippen LogP contribution in [0.1, 0.15) is 34.5 Å². The van der Waals surface area contributed by atoms with E-state index in [1.165, 1.54) is 12.3 Å². The molecule has 1 N–H and O–H groups in total. The third-order valence-electron chi connectivity index (χ3n) is 6.59. The third-order valence-corrected chi connectivity index (χ3v) is 6.88. The first-order chi connectivity index (χ1) is 16.9. The molecule has 9 heteroatoms. The Labute approximate surface area is 206 Å². The molecule has 35 heavy (non-hydrogen) atoms. The van der Waals surface area contributed by atoms with Crippen LogP contribution in [0.5, 0.6) is 5.75 Å². The number of piperazine rings is 1. The highest BCUT2D eigenvalue weighted by Crippen LogP contribution is 2.48. The van der Waals surface area contributed by atoms with E-state index in [1.807, 2.05) is 12.1 Å². The van der Waals surface area contributed by atoms with Gasteiger partial charge in [-0.3, -0.25) is 9.88 Å². The number of halogens is 2. The molecule has 0 saturated carbocycles. The molecule has 0 radical (unpaired) electrons. The first kappa shape index (κ1) is 23.5. The molecule has 1 unspecified atom stereocenters. The molecule has 0 bridgehead atoms. The molecule has 182 valence electrons. The average Bonchev–Trinajstić information content (AvgIpc) is 3.30. The van der Waals surface area contributed by atoms with Gasteiger partial charge in [0.15, 0.2) is 5.82 Å². The normalized spacial score (nSPS) is 16.1. The van der Waals surface area contributed by atoms with Crippen molar-refractivity contribution in [2.45, 2.75) is 13.0 Å². The van der Waals surface area contributed by atoms with Crippen LogP contribution in [0, 0.1) is 5.82 Å². The Morgan fingerprint density at radius 1 is 1.20 bits per heavy atom. The predicted octanol–water partition coefficient (Wildman–Crippen LogP) is 4.99. The minimum absolute atomic E-state index is 0.0436. The highest BCUT2D eigenvalue weighted by atomic mass is 35.5. The highest BCUT2D eigenvalue weighted by Gasteiger charge is 2.34. The maximum atomic E-state index is 15.4. The van der Waals surface area contributed by atoms with Crippen molar-refractivity contribution in [3.63, 3.8) is 0 Å². The Hall–Kier alpha value is -3.20. The van der Waals surface area contributed by atoms with Crippen LogP contribution in [-0.2, 0) is 4.74 Å². The number of rotatable bonds is 5. The minimum atomic E-state index is -0.745. The molecule has 1 atom stereocenters. The number of esters is 1. The van der Waals surface area contributed by atoms with Crippen LogP contribution in [0.2, 0.25) is 5.02 Å².